The second-order valence-corrected chi connectivity index (χ2v) is 5.86. The molecular weight excluding hydrogens is 266 g/mol. The van der Waals surface area contributed by atoms with Crippen molar-refractivity contribution in [2.45, 2.75) is 12.8 Å². The lowest BCUT2D eigenvalue weighted by atomic mass is 9.98. The first kappa shape index (κ1) is 13.9. The van der Waals surface area contributed by atoms with Gasteiger partial charge in [-0.15, -0.1) is 0 Å². The summed E-state index contributed by atoms with van der Waals surface area (Å²) in [6, 6.07) is 5.41. The van der Waals surface area contributed by atoms with Gasteiger partial charge in [-0.3, -0.25) is 9.89 Å². The number of nitrogens with zero attached hydrogens (tertiary/aromatic N) is 2. The second kappa shape index (κ2) is 5.73. The van der Waals surface area contributed by atoms with Crippen LogP contribution in [0.15, 0.2) is 18.2 Å². The summed E-state index contributed by atoms with van der Waals surface area (Å²) in [7, 11) is 2.12. The first-order valence-corrected chi connectivity index (χ1v) is 7.34. The van der Waals surface area contributed by atoms with Crippen LogP contribution in [0.4, 0.5) is 5.69 Å². The molecule has 112 valence electrons. The highest BCUT2D eigenvalue weighted by molar-refractivity contribution is 6.05. The highest BCUT2D eigenvalue weighted by Gasteiger charge is 2.19. The number of piperidine rings is 1. The zero-order valence-corrected chi connectivity index (χ0v) is 12.2. The monoisotopic (exact) mass is 287 g/mol. The smallest absolute Gasteiger partial charge is 0.272 e. The van der Waals surface area contributed by atoms with Crippen LogP contribution >= 0.6 is 0 Å². The Kier molecular flexibility index (Phi) is 3.79. The summed E-state index contributed by atoms with van der Waals surface area (Å²) in [6.07, 6.45) is 2.36. The summed E-state index contributed by atoms with van der Waals surface area (Å²) in [5.74, 6) is 0.378. The lowest BCUT2D eigenvalue weighted by Gasteiger charge is -2.29. The third-order valence-corrected chi connectivity index (χ3v) is 4.08. The first-order valence-electron chi connectivity index (χ1n) is 7.34. The summed E-state index contributed by atoms with van der Waals surface area (Å²) < 4.78 is 0. The minimum atomic E-state index is -0.139. The zero-order valence-electron chi connectivity index (χ0n) is 12.2. The van der Waals surface area contributed by atoms with Gasteiger partial charge in [0.15, 0.2) is 5.69 Å². The van der Waals surface area contributed by atoms with E-state index in [0.29, 0.717) is 23.8 Å². The summed E-state index contributed by atoms with van der Waals surface area (Å²) in [5, 5.41) is 10.7. The van der Waals surface area contributed by atoms with Crippen LogP contribution < -0.4 is 11.1 Å². The molecule has 6 heteroatoms. The Bertz CT molecular complexity index is 651. The molecule has 1 atom stereocenters. The summed E-state index contributed by atoms with van der Waals surface area (Å²) in [4.78, 5) is 14.6. The van der Waals surface area contributed by atoms with Crippen molar-refractivity contribution in [1.29, 1.82) is 0 Å². The maximum Gasteiger partial charge on any atom is 0.272 e. The van der Waals surface area contributed by atoms with Crippen molar-refractivity contribution in [2.75, 3.05) is 32.4 Å². The van der Waals surface area contributed by atoms with Crippen molar-refractivity contribution >= 4 is 22.5 Å². The number of nitrogens with two attached hydrogens (primary N) is 1. The molecule has 1 amide bonds. The number of rotatable bonds is 3. The van der Waals surface area contributed by atoms with Gasteiger partial charge in [-0.05, 0) is 50.6 Å². The number of nitrogen functional groups attached to an aromatic ring is 1. The number of fused-ring (bicyclic) bond motifs is 1. The summed E-state index contributed by atoms with van der Waals surface area (Å²) >= 11 is 0. The van der Waals surface area contributed by atoms with E-state index in [9.17, 15) is 4.79 Å². The van der Waals surface area contributed by atoms with Gasteiger partial charge in [0.25, 0.3) is 5.91 Å². The van der Waals surface area contributed by atoms with Gasteiger partial charge in [-0.1, -0.05) is 0 Å². The molecule has 0 bridgehead atoms. The number of H-pyrrole nitrogens is 1. The average molecular weight is 287 g/mol. The van der Waals surface area contributed by atoms with Gasteiger partial charge in [0.2, 0.25) is 0 Å². The van der Waals surface area contributed by atoms with Gasteiger partial charge in [0, 0.05) is 24.2 Å². The molecule has 0 spiro atoms. The molecule has 1 saturated heterocycles. The topological polar surface area (TPSA) is 87.0 Å². The summed E-state index contributed by atoms with van der Waals surface area (Å²) in [6.45, 7) is 2.88. The molecule has 1 fully saturated rings. The molecule has 1 aromatic heterocycles. The van der Waals surface area contributed by atoms with Crippen LogP contribution in [-0.2, 0) is 0 Å². The first-order chi connectivity index (χ1) is 10.1. The van der Waals surface area contributed by atoms with E-state index in [0.717, 1.165) is 24.0 Å². The average Bonchev–Trinajstić information content (AvgIpc) is 2.88. The van der Waals surface area contributed by atoms with E-state index in [1.807, 2.05) is 6.07 Å². The molecule has 3 rings (SSSR count). The third kappa shape index (κ3) is 3.00. The van der Waals surface area contributed by atoms with Crippen molar-refractivity contribution < 1.29 is 4.79 Å². The quantitative estimate of drug-likeness (QED) is 0.741. The van der Waals surface area contributed by atoms with Crippen LogP contribution in [0.5, 0.6) is 0 Å². The molecule has 1 aliphatic rings. The molecule has 0 radical (unpaired) electrons. The van der Waals surface area contributed by atoms with Crippen molar-refractivity contribution in [3.05, 3.63) is 23.9 Å². The van der Waals surface area contributed by atoms with Gasteiger partial charge in [-0.2, -0.15) is 5.10 Å². The molecule has 2 heterocycles. The number of hydrogen-bond donors (Lipinski definition) is 3. The van der Waals surface area contributed by atoms with E-state index in [1.54, 1.807) is 12.1 Å². The molecule has 1 aliphatic heterocycles. The maximum atomic E-state index is 12.3. The predicted molar refractivity (Wildman–Crippen MR) is 83.1 cm³/mol. The molecule has 2 aromatic rings. The number of likely N-dealkylation sites (tertiary alicyclic amines) is 1. The van der Waals surface area contributed by atoms with E-state index in [2.05, 4.69) is 27.5 Å². The highest BCUT2D eigenvalue weighted by atomic mass is 16.1. The second-order valence-electron chi connectivity index (χ2n) is 5.86. The molecule has 0 aliphatic carbocycles. The number of hydrogen-bond acceptors (Lipinski definition) is 4. The largest absolute Gasteiger partial charge is 0.399 e. The Morgan fingerprint density at radius 3 is 3.24 bits per heavy atom. The van der Waals surface area contributed by atoms with Crippen LogP contribution in [0, 0.1) is 5.92 Å². The maximum absolute atomic E-state index is 12.3. The Labute approximate surface area is 123 Å². The number of benzene rings is 1. The van der Waals surface area contributed by atoms with Gasteiger partial charge >= 0.3 is 0 Å². The molecule has 21 heavy (non-hydrogen) atoms. The summed E-state index contributed by atoms with van der Waals surface area (Å²) in [5.41, 5.74) is 7.65. The van der Waals surface area contributed by atoms with E-state index < -0.39 is 0 Å². The van der Waals surface area contributed by atoms with E-state index in [4.69, 9.17) is 5.73 Å². The zero-order chi connectivity index (χ0) is 14.8. The number of aromatic nitrogens is 2. The number of carbonyl (C=O) groups is 1. The Morgan fingerprint density at radius 1 is 1.57 bits per heavy atom. The van der Waals surface area contributed by atoms with Crippen LogP contribution in [0.3, 0.4) is 0 Å². The van der Waals surface area contributed by atoms with Crippen molar-refractivity contribution in [3.8, 4) is 0 Å². The van der Waals surface area contributed by atoms with Gasteiger partial charge < -0.3 is 16.0 Å². The molecule has 4 N–H and O–H groups in total. The fraction of sp³-hybridized carbons (Fsp3) is 0.467. The Morgan fingerprint density at radius 2 is 2.43 bits per heavy atom. The van der Waals surface area contributed by atoms with Gasteiger partial charge in [0.1, 0.15) is 0 Å². The fourth-order valence-corrected chi connectivity index (χ4v) is 2.97. The highest BCUT2D eigenvalue weighted by Crippen LogP contribution is 2.19. The molecular formula is C15H21N5O. The van der Waals surface area contributed by atoms with Crippen LogP contribution in [0.2, 0.25) is 0 Å². The lowest BCUT2D eigenvalue weighted by molar-refractivity contribution is 0.0933. The number of nitrogens with one attached hydrogen (secondary N) is 2. The number of carbonyl (C=O) groups excluding carboxylic acids is 1. The van der Waals surface area contributed by atoms with Crippen molar-refractivity contribution in [1.82, 2.24) is 20.4 Å². The van der Waals surface area contributed by atoms with E-state index in [-0.39, 0.29) is 5.91 Å². The van der Waals surface area contributed by atoms with Crippen LogP contribution in [0.25, 0.3) is 10.9 Å². The fourth-order valence-electron chi connectivity index (χ4n) is 2.97. The van der Waals surface area contributed by atoms with Crippen LogP contribution in [-0.4, -0.2) is 47.7 Å². The normalized spacial score (nSPS) is 19.8. The van der Waals surface area contributed by atoms with E-state index in [1.165, 1.54) is 12.8 Å². The number of anilines is 1. The molecule has 1 aromatic carbocycles. The standard InChI is InChI=1S/C15H21N5O/c1-20-6-2-3-10(9-20)8-17-15(21)14-12-7-11(16)4-5-13(12)18-19-14/h4-5,7,10H,2-3,6,8-9,16H2,1H3,(H,17,21)(H,18,19). The van der Waals surface area contributed by atoms with Crippen molar-refractivity contribution in [2.24, 2.45) is 5.92 Å². The Balaban J connectivity index is 1.68. The van der Waals surface area contributed by atoms with Crippen LogP contribution in [0.1, 0.15) is 23.3 Å². The molecule has 6 nitrogen and oxygen atoms in total. The van der Waals surface area contributed by atoms with Crippen molar-refractivity contribution in [3.63, 3.8) is 0 Å². The molecule has 1 unspecified atom stereocenters. The minimum absolute atomic E-state index is 0.139. The number of amides is 1. The number of aromatic amines is 1. The van der Waals surface area contributed by atoms with Gasteiger partial charge in [0.05, 0.1) is 5.52 Å². The SMILES string of the molecule is CN1CCCC(CNC(=O)c2n[nH]c3ccc(N)cc23)C1. The third-order valence-electron chi connectivity index (χ3n) is 4.08. The Hall–Kier alpha value is -2.08. The van der Waals surface area contributed by atoms with Gasteiger partial charge in [-0.25, -0.2) is 0 Å². The predicted octanol–water partition coefficient (Wildman–Crippen LogP) is 1.22. The minimum Gasteiger partial charge on any atom is -0.399 e. The van der Waals surface area contributed by atoms with E-state index >= 15 is 0 Å². The lowest BCUT2D eigenvalue weighted by Crippen LogP contribution is -2.39. The molecule has 0 saturated carbocycles.